The van der Waals surface area contributed by atoms with E-state index in [1.54, 1.807) is 22.3 Å². The van der Waals surface area contributed by atoms with Crippen LogP contribution < -0.4 is 10.6 Å². The Labute approximate surface area is 207 Å². The molecule has 0 saturated heterocycles. The molecule has 0 amide bonds. The maximum absolute atomic E-state index is 3.99. The minimum absolute atomic E-state index is 0.263. The van der Waals surface area contributed by atoms with E-state index < -0.39 is 0 Å². The maximum atomic E-state index is 3.99. The topological polar surface area (TPSA) is 24.1 Å². The van der Waals surface area contributed by atoms with E-state index in [4.69, 9.17) is 0 Å². The van der Waals surface area contributed by atoms with Crippen molar-refractivity contribution in [2.75, 3.05) is 0 Å². The summed E-state index contributed by atoms with van der Waals surface area (Å²) in [5.74, 6) is 1.99. The van der Waals surface area contributed by atoms with Crippen molar-refractivity contribution in [3.05, 3.63) is 82.2 Å². The summed E-state index contributed by atoms with van der Waals surface area (Å²) in [5, 5.41) is 7.95. The quantitative estimate of drug-likeness (QED) is 0.412. The highest BCUT2D eigenvalue weighted by Crippen LogP contribution is 2.37. The van der Waals surface area contributed by atoms with Crippen LogP contribution in [0.3, 0.4) is 0 Å². The van der Waals surface area contributed by atoms with Gasteiger partial charge < -0.3 is 5.32 Å². The molecule has 1 aliphatic heterocycles. The van der Waals surface area contributed by atoms with Gasteiger partial charge in [-0.2, -0.15) is 0 Å². The summed E-state index contributed by atoms with van der Waals surface area (Å²) in [4.78, 5) is 0. The van der Waals surface area contributed by atoms with Crippen LogP contribution in [-0.2, 0) is 0 Å². The number of hydrogen-bond donors (Lipinski definition) is 2. The van der Waals surface area contributed by atoms with Crippen LogP contribution in [0.25, 0.3) is 0 Å². The monoisotopic (exact) mass is 456 g/mol. The van der Waals surface area contributed by atoms with Crippen LogP contribution in [-0.4, -0.2) is 12.2 Å². The minimum Gasteiger partial charge on any atom is -0.369 e. The summed E-state index contributed by atoms with van der Waals surface area (Å²) in [7, 11) is 0. The molecule has 1 heterocycles. The molecule has 0 saturated carbocycles. The summed E-state index contributed by atoms with van der Waals surface area (Å²) in [6.45, 7) is 6.88. The van der Waals surface area contributed by atoms with Gasteiger partial charge in [0.05, 0.1) is 12.2 Å². The largest absolute Gasteiger partial charge is 0.369 e. The first kappa shape index (κ1) is 23.7. The molecule has 2 N–H and O–H groups in total. The Morgan fingerprint density at radius 3 is 2.35 bits per heavy atom. The third-order valence-electron chi connectivity index (χ3n) is 8.86. The van der Waals surface area contributed by atoms with Gasteiger partial charge in [-0.05, 0) is 100 Å². The molecule has 0 radical (unpaired) electrons. The Bertz CT molecular complexity index is 982. The highest BCUT2D eigenvalue weighted by molar-refractivity contribution is 5.36. The molecule has 0 spiro atoms. The van der Waals surface area contributed by atoms with Crippen LogP contribution in [0, 0.1) is 17.8 Å². The van der Waals surface area contributed by atoms with Crippen LogP contribution in [0.15, 0.2) is 82.2 Å². The second-order valence-corrected chi connectivity index (χ2v) is 11.3. The van der Waals surface area contributed by atoms with Gasteiger partial charge in [0.2, 0.25) is 0 Å². The lowest BCUT2D eigenvalue weighted by atomic mass is 9.79. The SMILES string of the molecule is CCC1=CC=C(C2CC=C(C3NC(C4C=CC(C)CC4)=C[C@@H](C4=CC=C(C)CC4)N3)CC2)CC1. The molecule has 5 rings (SSSR count). The lowest BCUT2D eigenvalue weighted by Crippen LogP contribution is -2.53. The number of hydrogen-bond acceptors (Lipinski definition) is 2. The zero-order chi connectivity index (χ0) is 23.5. The van der Waals surface area contributed by atoms with Crippen LogP contribution in [0.4, 0.5) is 0 Å². The van der Waals surface area contributed by atoms with E-state index in [9.17, 15) is 0 Å². The second-order valence-electron chi connectivity index (χ2n) is 11.3. The first-order chi connectivity index (χ1) is 16.6. The lowest BCUT2D eigenvalue weighted by molar-refractivity contribution is 0.392. The Morgan fingerprint density at radius 1 is 0.853 bits per heavy atom. The maximum Gasteiger partial charge on any atom is 0.0995 e. The van der Waals surface area contributed by atoms with E-state index in [0.717, 1.165) is 11.8 Å². The zero-order valence-electron chi connectivity index (χ0n) is 21.6. The predicted molar refractivity (Wildman–Crippen MR) is 145 cm³/mol. The molecule has 0 fully saturated rings. The fraction of sp³-hybridized carbons (Fsp3) is 0.562. The smallest absolute Gasteiger partial charge is 0.0995 e. The lowest BCUT2D eigenvalue weighted by Gasteiger charge is -2.39. The molecule has 2 nitrogen and oxygen atoms in total. The predicted octanol–water partition coefficient (Wildman–Crippen LogP) is 7.81. The van der Waals surface area contributed by atoms with Gasteiger partial charge in [0, 0.05) is 11.6 Å². The van der Waals surface area contributed by atoms with Gasteiger partial charge in [-0.1, -0.05) is 73.1 Å². The summed E-state index contributed by atoms with van der Waals surface area (Å²) in [5.41, 5.74) is 9.37. The first-order valence-electron chi connectivity index (χ1n) is 13.9. The molecular formula is C32H44N2. The molecule has 0 aromatic rings. The van der Waals surface area contributed by atoms with Crippen molar-refractivity contribution in [1.29, 1.82) is 0 Å². The summed E-state index contributed by atoms with van der Waals surface area (Å²) >= 11 is 0. The second kappa shape index (κ2) is 10.7. The van der Waals surface area contributed by atoms with Gasteiger partial charge >= 0.3 is 0 Å². The fourth-order valence-electron chi connectivity index (χ4n) is 6.33. The van der Waals surface area contributed by atoms with Crippen LogP contribution in [0.2, 0.25) is 0 Å². The minimum atomic E-state index is 0.263. The molecule has 0 aromatic heterocycles. The third-order valence-corrected chi connectivity index (χ3v) is 8.86. The van der Waals surface area contributed by atoms with E-state index in [2.05, 4.69) is 80.0 Å². The van der Waals surface area contributed by atoms with Gasteiger partial charge in [-0.25, -0.2) is 0 Å². The van der Waals surface area contributed by atoms with E-state index >= 15 is 0 Å². The van der Waals surface area contributed by atoms with Crippen molar-refractivity contribution in [3.8, 4) is 0 Å². The number of allylic oxidation sites excluding steroid dienone is 10. The molecule has 4 unspecified atom stereocenters. The summed E-state index contributed by atoms with van der Waals surface area (Å²) < 4.78 is 0. The highest BCUT2D eigenvalue weighted by atomic mass is 15.2. The standard InChI is InChI=1S/C32H44N2/c1-4-24-9-15-25(16-10-24)26-17-19-29(20-18-26)32-33-30(27-11-5-22(2)6-12-27)21-31(34-32)28-13-7-23(3)8-14-28/h5,7,9,11,13,15,19,21-22,26-27,31-34H,4,6,8,10,12,14,16-18,20H2,1-3H3/t22?,26?,27?,31-,32?/m0/s1. The molecule has 4 aliphatic carbocycles. The van der Waals surface area contributed by atoms with E-state index in [1.165, 1.54) is 75.5 Å². The molecule has 0 bridgehead atoms. The molecule has 182 valence electrons. The Morgan fingerprint density at radius 2 is 1.71 bits per heavy atom. The number of rotatable bonds is 5. The van der Waals surface area contributed by atoms with E-state index in [1.807, 2.05) is 0 Å². The van der Waals surface area contributed by atoms with E-state index in [0.29, 0.717) is 12.0 Å². The first-order valence-corrected chi connectivity index (χ1v) is 13.9. The van der Waals surface area contributed by atoms with Gasteiger partial charge in [-0.3, -0.25) is 5.32 Å². The van der Waals surface area contributed by atoms with Crippen molar-refractivity contribution < 1.29 is 0 Å². The molecule has 5 atom stereocenters. The summed E-state index contributed by atoms with van der Waals surface area (Å²) in [6.07, 6.45) is 32.1. The molecule has 34 heavy (non-hydrogen) atoms. The Hall–Kier alpha value is -2.06. The van der Waals surface area contributed by atoms with Gasteiger partial charge in [0.15, 0.2) is 0 Å². The third kappa shape index (κ3) is 5.43. The molecule has 5 aliphatic rings. The highest BCUT2D eigenvalue weighted by Gasteiger charge is 2.31. The van der Waals surface area contributed by atoms with Crippen LogP contribution in [0.5, 0.6) is 0 Å². The normalized spacial score (nSPS) is 34.1. The number of nitrogens with one attached hydrogen (secondary N) is 2. The Balaban J connectivity index is 1.33. The fourth-order valence-corrected chi connectivity index (χ4v) is 6.33. The summed E-state index contributed by atoms with van der Waals surface area (Å²) in [6, 6.07) is 0.343. The molecule has 2 heteroatoms. The van der Waals surface area contributed by atoms with Crippen LogP contribution >= 0.6 is 0 Å². The van der Waals surface area contributed by atoms with E-state index in [-0.39, 0.29) is 6.17 Å². The van der Waals surface area contributed by atoms with Gasteiger partial charge in [0.25, 0.3) is 0 Å². The average Bonchev–Trinajstić information content (AvgIpc) is 2.89. The Kier molecular flexibility index (Phi) is 7.44. The van der Waals surface area contributed by atoms with Crippen molar-refractivity contribution in [2.24, 2.45) is 17.8 Å². The average molecular weight is 457 g/mol. The van der Waals surface area contributed by atoms with Crippen molar-refractivity contribution in [1.82, 2.24) is 10.6 Å². The van der Waals surface area contributed by atoms with Crippen molar-refractivity contribution in [2.45, 2.75) is 97.2 Å². The van der Waals surface area contributed by atoms with Crippen molar-refractivity contribution >= 4 is 0 Å². The van der Waals surface area contributed by atoms with Gasteiger partial charge in [0.1, 0.15) is 0 Å². The van der Waals surface area contributed by atoms with Crippen molar-refractivity contribution in [3.63, 3.8) is 0 Å². The van der Waals surface area contributed by atoms with Gasteiger partial charge in [-0.15, -0.1) is 0 Å². The molecular weight excluding hydrogens is 412 g/mol. The zero-order valence-corrected chi connectivity index (χ0v) is 21.6. The molecule has 0 aromatic carbocycles. The van der Waals surface area contributed by atoms with Crippen LogP contribution in [0.1, 0.15) is 85.0 Å².